The fourth-order valence-corrected chi connectivity index (χ4v) is 1.91. The molecule has 0 bridgehead atoms. The molecule has 0 N–H and O–H groups in total. The first-order valence-corrected chi connectivity index (χ1v) is 6.21. The first-order chi connectivity index (χ1) is 8.63. The predicted molar refractivity (Wildman–Crippen MR) is 71.3 cm³/mol. The van der Waals surface area contributed by atoms with Crippen LogP contribution in [0.4, 0.5) is 0 Å². The van der Waals surface area contributed by atoms with E-state index in [0.29, 0.717) is 36.2 Å². The van der Waals surface area contributed by atoms with Gasteiger partial charge in [0, 0.05) is 6.42 Å². The van der Waals surface area contributed by atoms with E-state index < -0.39 is 0 Å². The van der Waals surface area contributed by atoms with Crippen LogP contribution in [0.2, 0.25) is 0 Å². The van der Waals surface area contributed by atoms with Gasteiger partial charge in [-0.1, -0.05) is 20.4 Å². The van der Waals surface area contributed by atoms with Crippen LogP contribution >= 0.6 is 0 Å². The van der Waals surface area contributed by atoms with Crippen molar-refractivity contribution < 1.29 is 14.3 Å². The standard InChI is InChI=1S/C15H18O3/c1-10(2)11(3)12-7-13(9-16)15-14(8-12)17-5-4-6-18-15/h7-10H,3-6H2,1-2H3. The molecule has 0 amide bonds. The average molecular weight is 246 g/mol. The summed E-state index contributed by atoms with van der Waals surface area (Å²) in [5.74, 6) is 1.53. The summed E-state index contributed by atoms with van der Waals surface area (Å²) in [6.45, 7) is 9.41. The van der Waals surface area contributed by atoms with Crippen molar-refractivity contribution in [3.05, 3.63) is 29.8 Å². The zero-order chi connectivity index (χ0) is 13.1. The number of rotatable bonds is 3. The Morgan fingerprint density at radius 2 is 2.06 bits per heavy atom. The monoisotopic (exact) mass is 246 g/mol. The normalized spacial score (nSPS) is 14.2. The molecule has 1 aliphatic rings. The molecule has 2 rings (SSSR count). The molecular formula is C15H18O3. The second kappa shape index (κ2) is 5.25. The van der Waals surface area contributed by atoms with Crippen LogP contribution < -0.4 is 9.47 Å². The van der Waals surface area contributed by atoms with Gasteiger partial charge in [-0.05, 0) is 29.2 Å². The molecule has 3 heteroatoms. The van der Waals surface area contributed by atoms with E-state index in [1.807, 2.05) is 12.1 Å². The van der Waals surface area contributed by atoms with Crippen molar-refractivity contribution in [2.75, 3.05) is 13.2 Å². The minimum Gasteiger partial charge on any atom is -0.490 e. The van der Waals surface area contributed by atoms with Gasteiger partial charge in [-0.2, -0.15) is 0 Å². The Bertz CT molecular complexity index is 475. The molecule has 0 spiro atoms. The number of carbonyl (C=O) groups is 1. The molecule has 0 saturated heterocycles. The molecule has 0 radical (unpaired) electrons. The maximum Gasteiger partial charge on any atom is 0.171 e. The molecule has 96 valence electrons. The van der Waals surface area contributed by atoms with Crippen molar-refractivity contribution in [2.24, 2.45) is 5.92 Å². The van der Waals surface area contributed by atoms with Gasteiger partial charge in [0.15, 0.2) is 17.8 Å². The van der Waals surface area contributed by atoms with Crippen molar-refractivity contribution in [3.63, 3.8) is 0 Å². The van der Waals surface area contributed by atoms with E-state index in [-0.39, 0.29) is 0 Å². The molecule has 0 fully saturated rings. The van der Waals surface area contributed by atoms with E-state index >= 15 is 0 Å². The molecule has 3 nitrogen and oxygen atoms in total. The summed E-state index contributed by atoms with van der Waals surface area (Å²) in [5.41, 5.74) is 2.47. The highest BCUT2D eigenvalue weighted by atomic mass is 16.5. The van der Waals surface area contributed by atoms with E-state index in [1.54, 1.807) is 0 Å². The highest BCUT2D eigenvalue weighted by Gasteiger charge is 2.17. The van der Waals surface area contributed by atoms with Gasteiger partial charge in [-0.25, -0.2) is 0 Å². The molecular weight excluding hydrogens is 228 g/mol. The number of fused-ring (bicyclic) bond motifs is 1. The third-order valence-electron chi connectivity index (χ3n) is 3.07. The van der Waals surface area contributed by atoms with E-state index in [0.717, 1.165) is 23.8 Å². The van der Waals surface area contributed by atoms with Crippen LogP contribution in [0.15, 0.2) is 18.7 Å². The third-order valence-corrected chi connectivity index (χ3v) is 3.07. The second-order valence-corrected chi connectivity index (χ2v) is 4.74. The minimum atomic E-state index is 0.328. The van der Waals surface area contributed by atoms with E-state index in [9.17, 15) is 4.79 Å². The third kappa shape index (κ3) is 2.40. The molecule has 1 aromatic carbocycles. The molecule has 0 aromatic heterocycles. The Morgan fingerprint density at radius 1 is 1.33 bits per heavy atom. The van der Waals surface area contributed by atoms with Crippen LogP contribution in [0.3, 0.4) is 0 Å². The lowest BCUT2D eigenvalue weighted by atomic mass is 9.95. The number of hydrogen-bond acceptors (Lipinski definition) is 3. The topological polar surface area (TPSA) is 35.5 Å². The maximum absolute atomic E-state index is 11.2. The van der Waals surface area contributed by atoms with Gasteiger partial charge in [0.05, 0.1) is 18.8 Å². The first-order valence-electron chi connectivity index (χ1n) is 6.21. The molecule has 1 aromatic rings. The van der Waals surface area contributed by atoms with E-state index in [1.165, 1.54) is 0 Å². The number of hydrogen-bond donors (Lipinski definition) is 0. The van der Waals surface area contributed by atoms with Gasteiger partial charge in [-0.3, -0.25) is 4.79 Å². The van der Waals surface area contributed by atoms with Gasteiger partial charge in [0.25, 0.3) is 0 Å². The lowest BCUT2D eigenvalue weighted by molar-refractivity contribution is 0.111. The zero-order valence-corrected chi connectivity index (χ0v) is 10.9. The van der Waals surface area contributed by atoms with Crippen LogP contribution in [0, 0.1) is 5.92 Å². The van der Waals surface area contributed by atoms with Crippen molar-refractivity contribution in [2.45, 2.75) is 20.3 Å². The fourth-order valence-electron chi connectivity index (χ4n) is 1.91. The fraction of sp³-hybridized carbons (Fsp3) is 0.400. The summed E-state index contributed by atoms with van der Waals surface area (Å²) < 4.78 is 11.2. The summed E-state index contributed by atoms with van der Waals surface area (Å²) in [6.07, 6.45) is 1.64. The summed E-state index contributed by atoms with van der Waals surface area (Å²) in [4.78, 5) is 11.2. The minimum absolute atomic E-state index is 0.328. The van der Waals surface area contributed by atoms with Crippen LogP contribution in [-0.4, -0.2) is 19.5 Å². The first kappa shape index (κ1) is 12.7. The Hall–Kier alpha value is -1.77. The van der Waals surface area contributed by atoms with Gasteiger partial charge in [0.1, 0.15) is 0 Å². The lowest BCUT2D eigenvalue weighted by Gasteiger charge is -2.15. The number of benzene rings is 1. The van der Waals surface area contributed by atoms with Crippen molar-refractivity contribution in [1.82, 2.24) is 0 Å². The van der Waals surface area contributed by atoms with Crippen LogP contribution in [0.1, 0.15) is 36.2 Å². The number of carbonyl (C=O) groups excluding carboxylic acids is 1. The van der Waals surface area contributed by atoms with Crippen LogP contribution in [0.25, 0.3) is 5.57 Å². The van der Waals surface area contributed by atoms with Crippen molar-refractivity contribution >= 4 is 11.9 Å². The Morgan fingerprint density at radius 3 is 2.72 bits per heavy atom. The second-order valence-electron chi connectivity index (χ2n) is 4.74. The molecule has 1 aliphatic heterocycles. The largest absolute Gasteiger partial charge is 0.490 e. The molecule has 18 heavy (non-hydrogen) atoms. The molecule has 1 heterocycles. The highest BCUT2D eigenvalue weighted by Crippen LogP contribution is 2.36. The molecule has 0 aliphatic carbocycles. The highest BCUT2D eigenvalue weighted by molar-refractivity contribution is 5.84. The van der Waals surface area contributed by atoms with E-state index in [4.69, 9.17) is 9.47 Å². The average Bonchev–Trinajstić information content (AvgIpc) is 2.61. The van der Waals surface area contributed by atoms with Crippen molar-refractivity contribution in [3.8, 4) is 11.5 Å². The van der Waals surface area contributed by atoms with Gasteiger partial charge in [-0.15, -0.1) is 0 Å². The van der Waals surface area contributed by atoms with Crippen molar-refractivity contribution in [1.29, 1.82) is 0 Å². The predicted octanol–water partition coefficient (Wildman–Crippen LogP) is 3.33. The van der Waals surface area contributed by atoms with Gasteiger partial charge < -0.3 is 9.47 Å². The van der Waals surface area contributed by atoms with E-state index in [2.05, 4.69) is 20.4 Å². The van der Waals surface area contributed by atoms with Crippen LogP contribution in [-0.2, 0) is 0 Å². The number of ether oxygens (including phenoxy) is 2. The summed E-state index contributed by atoms with van der Waals surface area (Å²) in [6, 6.07) is 3.73. The maximum atomic E-state index is 11.2. The number of aldehydes is 1. The Kier molecular flexibility index (Phi) is 3.70. The summed E-state index contributed by atoms with van der Waals surface area (Å²) >= 11 is 0. The number of allylic oxidation sites excluding steroid dienone is 1. The SMILES string of the molecule is C=C(c1cc(C=O)c2c(c1)OCCCO2)C(C)C. The lowest BCUT2D eigenvalue weighted by Crippen LogP contribution is -1.99. The molecule has 0 unspecified atom stereocenters. The summed E-state index contributed by atoms with van der Waals surface area (Å²) in [5, 5.41) is 0. The van der Waals surface area contributed by atoms with Gasteiger partial charge in [0.2, 0.25) is 0 Å². The molecule has 0 atom stereocenters. The Labute approximate surface area is 107 Å². The molecule has 0 saturated carbocycles. The quantitative estimate of drug-likeness (QED) is 0.767. The Balaban J connectivity index is 2.49. The van der Waals surface area contributed by atoms with Gasteiger partial charge >= 0.3 is 0 Å². The zero-order valence-electron chi connectivity index (χ0n) is 10.9. The smallest absolute Gasteiger partial charge is 0.171 e. The summed E-state index contributed by atoms with van der Waals surface area (Å²) in [7, 11) is 0. The van der Waals surface area contributed by atoms with Crippen LogP contribution in [0.5, 0.6) is 11.5 Å².